The monoisotopic (exact) mass is 165 g/mol. The van der Waals surface area contributed by atoms with Gasteiger partial charge >= 0.3 is 0 Å². The first kappa shape index (κ1) is 9.82. The van der Waals surface area contributed by atoms with Gasteiger partial charge < -0.3 is 0 Å². The van der Waals surface area contributed by atoms with Crippen LogP contribution >= 0.6 is 0 Å². The van der Waals surface area contributed by atoms with E-state index >= 15 is 0 Å². The third-order valence-corrected chi connectivity index (χ3v) is 2.84. The molecule has 1 rings (SSSR count). The lowest BCUT2D eigenvalue weighted by atomic mass is 9.56. The SMILES string of the molecule is CC[B]C(C)C1CCCCC1=O. The standard InChI is InChI=1S/C10H18BO/c1-3-11-8(2)9-6-4-5-7-10(9)12/h8-9H,3-7H2,1-2H3. The fourth-order valence-electron chi connectivity index (χ4n) is 2.10. The predicted octanol–water partition coefficient (Wildman–Crippen LogP) is 2.70. The van der Waals surface area contributed by atoms with Crippen molar-refractivity contribution in [2.75, 3.05) is 0 Å². The maximum atomic E-state index is 11.5. The molecule has 2 unspecified atom stereocenters. The first-order chi connectivity index (χ1) is 5.75. The molecule has 1 saturated carbocycles. The van der Waals surface area contributed by atoms with E-state index in [0.717, 1.165) is 25.6 Å². The Kier molecular flexibility index (Phi) is 3.83. The Hall–Kier alpha value is -0.265. The van der Waals surface area contributed by atoms with Gasteiger partial charge in [0.2, 0.25) is 0 Å². The summed E-state index contributed by atoms with van der Waals surface area (Å²) < 4.78 is 0. The van der Waals surface area contributed by atoms with Crippen molar-refractivity contribution in [1.82, 2.24) is 0 Å². The number of Topliss-reactive ketones (excluding diaryl/α,β-unsaturated/α-hetero) is 1. The third kappa shape index (κ3) is 2.36. The van der Waals surface area contributed by atoms with Gasteiger partial charge in [-0.25, -0.2) is 0 Å². The zero-order valence-electron chi connectivity index (χ0n) is 8.18. The van der Waals surface area contributed by atoms with Crippen LogP contribution in [0.15, 0.2) is 0 Å². The van der Waals surface area contributed by atoms with Gasteiger partial charge in [-0.3, -0.25) is 4.79 Å². The Labute approximate surface area is 76.2 Å². The van der Waals surface area contributed by atoms with Crippen LogP contribution in [0.2, 0.25) is 12.1 Å². The number of carbonyl (C=O) groups excluding carboxylic acids is 1. The average Bonchev–Trinajstić information content (AvgIpc) is 2.05. The Morgan fingerprint density at radius 1 is 1.58 bits per heavy atom. The van der Waals surface area contributed by atoms with Gasteiger partial charge in [0.1, 0.15) is 13.1 Å². The molecule has 0 aromatic rings. The smallest absolute Gasteiger partial charge is 0.135 e. The van der Waals surface area contributed by atoms with Gasteiger partial charge in [-0.1, -0.05) is 32.4 Å². The van der Waals surface area contributed by atoms with Crippen molar-refractivity contribution in [1.29, 1.82) is 0 Å². The minimum absolute atomic E-state index is 0.346. The van der Waals surface area contributed by atoms with Gasteiger partial charge in [0, 0.05) is 12.3 Å². The molecule has 0 saturated heterocycles. The molecule has 1 fully saturated rings. The van der Waals surface area contributed by atoms with E-state index in [1.807, 2.05) is 0 Å². The molecule has 0 aromatic heterocycles. The van der Waals surface area contributed by atoms with Gasteiger partial charge in [0.05, 0.1) is 0 Å². The molecule has 0 aromatic carbocycles. The highest BCUT2D eigenvalue weighted by Crippen LogP contribution is 2.30. The minimum atomic E-state index is 0.346. The van der Waals surface area contributed by atoms with Crippen LogP contribution in [0.4, 0.5) is 0 Å². The van der Waals surface area contributed by atoms with E-state index in [4.69, 9.17) is 0 Å². The molecule has 1 nitrogen and oxygen atoms in total. The second-order valence-electron chi connectivity index (χ2n) is 3.82. The van der Waals surface area contributed by atoms with Gasteiger partial charge in [0.25, 0.3) is 0 Å². The molecule has 2 heteroatoms. The number of hydrogen-bond acceptors (Lipinski definition) is 1. The fraction of sp³-hybridized carbons (Fsp3) is 0.900. The molecule has 1 radical (unpaired) electrons. The summed E-state index contributed by atoms with van der Waals surface area (Å²) in [6.45, 7) is 4.32. The van der Waals surface area contributed by atoms with Crippen molar-refractivity contribution in [3.05, 3.63) is 0 Å². The molecule has 0 bridgehead atoms. The molecule has 1 aliphatic carbocycles. The van der Waals surface area contributed by atoms with Crippen LogP contribution in [0.5, 0.6) is 0 Å². The van der Waals surface area contributed by atoms with Crippen LogP contribution in [0, 0.1) is 5.92 Å². The van der Waals surface area contributed by atoms with E-state index in [1.165, 1.54) is 6.42 Å². The summed E-state index contributed by atoms with van der Waals surface area (Å²) in [6.07, 6.45) is 5.40. The second kappa shape index (κ2) is 4.69. The van der Waals surface area contributed by atoms with Crippen molar-refractivity contribution in [3.8, 4) is 0 Å². The van der Waals surface area contributed by atoms with E-state index < -0.39 is 0 Å². The lowest BCUT2D eigenvalue weighted by molar-refractivity contribution is -0.124. The van der Waals surface area contributed by atoms with Gasteiger partial charge in [-0.2, -0.15) is 0 Å². The summed E-state index contributed by atoms with van der Waals surface area (Å²) in [5, 5.41) is 0. The van der Waals surface area contributed by atoms with Crippen molar-refractivity contribution in [2.24, 2.45) is 5.92 Å². The molecule has 0 spiro atoms. The first-order valence-corrected chi connectivity index (χ1v) is 5.11. The molecule has 2 atom stereocenters. The summed E-state index contributed by atoms with van der Waals surface area (Å²) in [7, 11) is 2.27. The average molecular weight is 165 g/mol. The predicted molar refractivity (Wildman–Crippen MR) is 52.6 cm³/mol. The van der Waals surface area contributed by atoms with Crippen molar-refractivity contribution in [2.45, 2.75) is 51.7 Å². The van der Waals surface area contributed by atoms with Crippen LogP contribution in [0.1, 0.15) is 39.5 Å². The maximum absolute atomic E-state index is 11.5. The highest BCUT2D eigenvalue weighted by Gasteiger charge is 2.26. The van der Waals surface area contributed by atoms with Crippen LogP contribution in [0.3, 0.4) is 0 Å². The molecule has 67 valence electrons. The lowest BCUT2D eigenvalue weighted by Crippen LogP contribution is -2.24. The molecule has 0 N–H and O–H groups in total. The summed E-state index contributed by atoms with van der Waals surface area (Å²) in [6, 6.07) is 0. The van der Waals surface area contributed by atoms with Crippen LogP contribution in [-0.2, 0) is 4.79 Å². The van der Waals surface area contributed by atoms with E-state index in [9.17, 15) is 4.79 Å². The molecule has 0 aliphatic heterocycles. The summed E-state index contributed by atoms with van der Waals surface area (Å²) >= 11 is 0. The second-order valence-corrected chi connectivity index (χ2v) is 3.82. The normalized spacial score (nSPS) is 26.8. The minimum Gasteiger partial charge on any atom is -0.299 e. The van der Waals surface area contributed by atoms with E-state index in [2.05, 4.69) is 21.1 Å². The van der Waals surface area contributed by atoms with E-state index in [1.54, 1.807) is 0 Å². The summed E-state index contributed by atoms with van der Waals surface area (Å²) in [5.41, 5.74) is 0. The number of carbonyl (C=O) groups is 1. The zero-order chi connectivity index (χ0) is 8.97. The Morgan fingerprint density at radius 3 is 2.92 bits per heavy atom. The molecular formula is C10H18BO. The topological polar surface area (TPSA) is 17.1 Å². The van der Waals surface area contributed by atoms with Crippen LogP contribution < -0.4 is 0 Å². The summed E-state index contributed by atoms with van der Waals surface area (Å²) in [5.74, 6) is 1.35. The van der Waals surface area contributed by atoms with Crippen molar-refractivity contribution < 1.29 is 4.79 Å². The molecule has 1 aliphatic rings. The van der Waals surface area contributed by atoms with Gasteiger partial charge in [0.15, 0.2) is 0 Å². The van der Waals surface area contributed by atoms with Crippen molar-refractivity contribution in [3.63, 3.8) is 0 Å². The molecule has 0 amide bonds. The third-order valence-electron chi connectivity index (χ3n) is 2.84. The van der Waals surface area contributed by atoms with E-state index in [0.29, 0.717) is 17.5 Å². The molecule has 0 heterocycles. The Balaban J connectivity index is 2.42. The van der Waals surface area contributed by atoms with Crippen LogP contribution in [-0.4, -0.2) is 13.1 Å². The largest absolute Gasteiger partial charge is 0.299 e. The van der Waals surface area contributed by atoms with Gasteiger partial charge in [-0.15, -0.1) is 0 Å². The number of ketones is 1. The molecular weight excluding hydrogens is 147 g/mol. The highest BCUT2D eigenvalue weighted by atomic mass is 16.1. The fourth-order valence-corrected chi connectivity index (χ4v) is 2.10. The maximum Gasteiger partial charge on any atom is 0.135 e. The van der Waals surface area contributed by atoms with Crippen molar-refractivity contribution >= 4 is 13.1 Å². The first-order valence-electron chi connectivity index (χ1n) is 5.11. The Bertz CT molecular complexity index is 156. The van der Waals surface area contributed by atoms with Crippen LogP contribution in [0.25, 0.3) is 0 Å². The quantitative estimate of drug-likeness (QED) is 0.587. The lowest BCUT2D eigenvalue weighted by Gasteiger charge is -2.25. The van der Waals surface area contributed by atoms with E-state index in [-0.39, 0.29) is 0 Å². The number of hydrogen-bond donors (Lipinski definition) is 0. The molecule has 12 heavy (non-hydrogen) atoms. The zero-order valence-corrected chi connectivity index (χ0v) is 8.18. The van der Waals surface area contributed by atoms with Gasteiger partial charge in [-0.05, 0) is 12.8 Å². The Morgan fingerprint density at radius 2 is 2.33 bits per heavy atom. The summed E-state index contributed by atoms with van der Waals surface area (Å²) in [4.78, 5) is 11.5. The highest BCUT2D eigenvalue weighted by molar-refractivity contribution is 6.38. The number of rotatable bonds is 3.